The number of β-amino-alcohol motifs (C(OH)–C–C–N with tert-alkyl or cyclic N) is 1. The summed E-state index contributed by atoms with van der Waals surface area (Å²) >= 11 is 0. The van der Waals surface area contributed by atoms with Crippen LogP contribution in [0.4, 0.5) is 4.39 Å². The Bertz CT molecular complexity index is 474. The van der Waals surface area contributed by atoms with Crippen molar-refractivity contribution in [3.63, 3.8) is 0 Å². The zero-order chi connectivity index (χ0) is 17.5. The largest absolute Gasteiger partial charge is 0.508 e. The van der Waals surface area contributed by atoms with E-state index in [1.54, 1.807) is 12.1 Å². The molecule has 1 aromatic rings. The summed E-state index contributed by atoms with van der Waals surface area (Å²) in [5.74, 6) is 0.0300. The molecule has 1 atom stereocenters. The summed E-state index contributed by atoms with van der Waals surface area (Å²) in [7, 11) is 0. The van der Waals surface area contributed by atoms with Crippen molar-refractivity contribution in [3.8, 4) is 5.75 Å². The quantitative estimate of drug-likeness (QED) is 0.610. The number of unbranched alkanes of at least 4 members (excludes halogenated alkanes) is 2. The van der Waals surface area contributed by atoms with E-state index in [1.165, 1.54) is 6.07 Å². The first-order chi connectivity index (χ1) is 10.8. The van der Waals surface area contributed by atoms with E-state index in [4.69, 9.17) is 0 Å². The second kappa shape index (κ2) is 9.21. The lowest BCUT2D eigenvalue weighted by Gasteiger charge is -2.37. The minimum Gasteiger partial charge on any atom is -0.508 e. The first-order valence-electron chi connectivity index (χ1n) is 8.21. The lowest BCUT2D eigenvalue weighted by molar-refractivity contribution is 0.0567. The van der Waals surface area contributed by atoms with E-state index in [0.717, 1.165) is 19.4 Å². The molecule has 0 saturated carbocycles. The summed E-state index contributed by atoms with van der Waals surface area (Å²) in [6.45, 7) is 6.97. The SMILES string of the molecule is CC(C)(C)N(CCCCCF)CC(O)c1ccc(O)c(CO)c1. The van der Waals surface area contributed by atoms with Gasteiger partial charge in [0.25, 0.3) is 0 Å². The van der Waals surface area contributed by atoms with E-state index in [-0.39, 0.29) is 24.6 Å². The normalized spacial score (nSPS) is 13.5. The number of halogens is 1. The summed E-state index contributed by atoms with van der Waals surface area (Å²) in [5, 5.41) is 29.3. The fraction of sp³-hybridized carbons (Fsp3) is 0.667. The molecule has 1 unspecified atom stereocenters. The fourth-order valence-electron chi connectivity index (χ4n) is 2.53. The molecular formula is C18H30FNO3. The number of nitrogens with zero attached hydrogens (tertiary/aromatic N) is 1. The van der Waals surface area contributed by atoms with Gasteiger partial charge in [-0.05, 0) is 64.3 Å². The highest BCUT2D eigenvalue weighted by Crippen LogP contribution is 2.25. The van der Waals surface area contributed by atoms with Crippen molar-refractivity contribution >= 4 is 0 Å². The maximum absolute atomic E-state index is 12.2. The molecule has 1 aromatic carbocycles. The van der Waals surface area contributed by atoms with Gasteiger partial charge in [0.05, 0.1) is 19.4 Å². The third kappa shape index (κ3) is 6.45. The molecular weight excluding hydrogens is 297 g/mol. The van der Waals surface area contributed by atoms with Crippen LogP contribution in [0.15, 0.2) is 18.2 Å². The van der Waals surface area contributed by atoms with E-state index < -0.39 is 6.10 Å². The lowest BCUT2D eigenvalue weighted by atomic mass is 10.0. The average Bonchev–Trinajstić information content (AvgIpc) is 2.49. The average molecular weight is 327 g/mol. The Kier molecular flexibility index (Phi) is 7.95. The van der Waals surface area contributed by atoms with Crippen molar-refractivity contribution in [1.82, 2.24) is 4.90 Å². The van der Waals surface area contributed by atoms with Crippen molar-refractivity contribution in [1.29, 1.82) is 0 Å². The monoisotopic (exact) mass is 327 g/mol. The summed E-state index contributed by atoms with van der Waals surface area (Å²) < 4.78 is 12.2. The molecule has 0 bridgehead atoms. The molecule has 0 spiro atoms. The van der Waals surface area contributed by atoms with Crippen LogP contribution in [0.25, 0.3) is 0 Å². The van der Waals surface area contributed by atoms with Crippen LogP contribution in [0, 0.1) is 0 Å². The van der Waals surface area contributed by atoms with Crippen LogP contribution in [0.2, 0.25) is 0 Å². The highest BCUT2D eigenvalue weighted by molar-refractivity contribution is 5.36. The third-order valence-electron chi connectivity index (χ3n) is 4.06. The molecule has 0 aliphatic rings. The first kappa shape index (κ1) is 19.9. The molecule has 0 aliphatic heterocycles. The van der Waals surface area contributed by atoms with Gasteiger partial charge in [-0.25, -0.2) is 0 Å². The predicted molar refractivity (Wildman–Crippen MR) is 90.1 cm³/mol. The van der Waals surface area contributed by atoms with E-state index in [1.807, 2.05) is 0 Å². The molecule has 3 N–H and O–H groups in total. The van der Waals surface area contributed by atoms with Gasteiger partial charge in [0.15, 0.2) is 0 Å². The smallest absolute Gasteiger partial charge is 0.121 e. The summed E-state index contributed by atoms with van der Waals surface area (Å²) in [4.78, 5) is 2.18. The molecule has 0 radical (unpaired) electrons. The summed E-state index contributed by atoms with van der Waals surface area (Å²) in [6, 6.07) is 4.79. The molecule has 23 heavy (non-hydrogen) atoms. The van der Waals surface area contributed by atoms with Crippen molar-refractivity contribution in [3.05, 3.63) is 29.3 Å². The zero-order valence-corrected chi connectivity index (χ0v) is 14.4. The molecule has 1 rings (SSSR count). The Balaban J connectivity index is 2.74. The molecule has 132 valence electrons. The van der Waals surface area contributed by atoms with Crippen molar-refractivity contribution in [2.45, 2.75) is 58.3 Å². The minimum absolute atomic E-state index is 0.0300. The van der Waals surface area contributed by atoms with Crippen LogP contribution in [-0.4, -0.2) is 45.5 Å². The predicted octanol–water partition coefficient (Wildman–Crippen LogP) is 3.16. The van der Waals surface area contributed by atoms with Gasteiger partial charge in [0, 0.05) is 17.6 Å². The number of phenols is 1. The van der Waals surface area contributed by atoms with Gasteiger partial charge in [0.2, 0.25) is 0 Å². The van der Waals surface area contributed by atoms with Gasteiger partial charge in [-0.3, -0.25) is 9.29 Å². The van der Waals surface area contributed by atoms with E-state index in [2.05, 4.69) is 25.7 Å². The number of aliphatic hydroxyl groups excluding tert-OH is 2. The van der Waals surface area contributed by atoms with Gasteiger partial charge in [-0.2, -0.15) is 0 Å². The highest BCUT2D eigenvalue weighted by atomic mass is 19.1. The highest BCUT2D eigenvalue weighted by Gasteiger charge is 2.24. The molecule has 4 nitrogen and oxygen atoms in total. The molecule has 0 heterocycles. The number of aliphatic hydroxyl groups is 2. The van der Waals surface area contributed by atoms with Gasteiger partial charge in [0.1, 0.15) is 5.75 Å². The maximum atomic E-state index is 12.2. The molecule has 0 fully saturated rings. The zero-order valence-electron chi connectivity index (χ0n) is 14.4. The van der Waals surface area contributed by atoms with E-state index >= 15 is 0 Å². The van der Waals surface area contributed by atoms with Crippen LogP contribution < -0.4 is 0 Å². The molecule has 0 aliphatic carbocycles. The Morgan fingerprint density at radius 1 is 1.17 bits per heavy atom. The van der Waals surface area contributed by atoms with Crippen LogP contribution in [-0.2, 0) is 6.61 Å². The second-order valence-corrected chi connectivity index (χ2v) is 6.93. The van der Waals surface area contributed by atoms with Gasteiger partial charge < -0.3 is 15.3 Å². The lowest BCUT2D eigenvalue weighted by Crippen LogP contribution is -2.44. The van der Waals surface area contributed by atoms with Crippen LogP contribution in [0.1, 0.15) is 57.3 Å². The van der Waals surface area contributed by atoms with Gasteiger partial charge in [-0.15, -0.1) is 0 Å². The number of alkyl halides is 1. The standard InChI is InChI=1S/C18H30FNO3/c1-18(2,3)20(10-6-4-5-9-19)12-17(23)14-7-8-16(22)15(11-14)13-21/h7-8,11,17,21-23H,4-6,9-10,12-13H2,1-3H3. The number of rotatable bonds is 9. The molecule has 0 aromatic heterocycles. The van der Waals surface area contributed by atoms with Crippen molar-refractivity contribution in [2.24, 2.45) is 0 Å². The Labute approximate surface area is 138 Å². The summed E-state index contributed by atoms with van der Waals surface area (Å²) in [6.07, 6.45) is 1.61. The Morgan fingerprint density at radius 3 is 2.43 bits per heavy atom. The first-order valence-corrected chi connectivity index (χ1v) is 8.21. The topological polar surface area (TPSA) is 63.9 Å². The number of aromatic hydroxyl groups is 1. The van der Waals surface area contributed by atoms with Crippen LogP contribution in [0.3, 0.4) is 0 Å². The van der Waals surface area contributed by atoms with Crippen LogP contribution >= 0.6 is 0 Å². The fourth-order valence-corrected chi connectivity index (χ4v) is 2.53. The van der Waals surface area contributed by atoms with Crippen LogP contribution in [0.5, 0.6) is 5.75 Å². The van der Waals surface area contributed by atoms with Gasteiger partial charge >= 0.3 is 0 Å². The molecule has 5 heteroatoms. The molecule has 0 saturated heterocycles. The Hall–Kier alpha value is -1.17. The summed E-state index contributed by atoms with van der Waals surface area (Å²) in [5.41, 5.74) is 0.976. The Morgan fingerprint density at radius 2 is 1.87 bits per heavy atom. The van der Waals surface area contributed by atoms with E-state index in [0.29, 0.717) is 24.1 Å². The number of hydrogen-bond donors (Lipinski definition) is 3. The van der Waals surface area contributed by atoms with Crippen molar-refractivity contribution < 1.29 is 19.7 Å². The second-order valence-electron chi connectivity index (χ2n) is 6.93. The van der Waals surface area contributed by atoms with Gasteiger partial charge in [-0.1, -0.05) is 6.07 Å². The third-order valence-corrected chi connectivity index (χ3v) is 4.06. The maximum Gasteiger partial charge on any atom is 0.121 e. The number of hydrogen-bond acceptors (Lipinski definition) is 4. The van der Waals surface area contributed by atoms with Crippen molar-refractivity contribution in [2.75, 3.05) is 19.8 Å². The number of benzene rings is 1. The molecule has 0 amide bonds. The van der Waals surface area contributed by atoms with E-state index in [9.17, 15) is 19.7 Å². The minimum atomic E-state index is -0.707.